The van der Waals surface area contributed by atoms with Crippen LogP contribution in [0.3, 0.4) is 0 Å². The Kier molecular flexibility index (Phi) is 2.30. The van der Waals surface area contributed by atoms with Gasteiger partial charge < -0.3 is 9.68 Å². The molecule has 0 bridgehead atoms. The summed E-state index contributed by atoms with van der Waals surface area (Å²) >= 11 is 0. The standard InChI is InChI=1S/C2HNSi/c3-1-2-4/h3H. The summed E-state index contributed by atoms with van der Waals surface area (Å²) in [5.74, 6) is 0. The lowest BCUT2D eigenvalue weighted by atomic mass is 10.9. The monoisotopic (exact) mass is 67.0 g/mol. The van der Waals surface area contributed by atoms with Crippen molar-refractivity contribution in [3.8, 4) is 5.50 Å². The molecule has 0 fully saturated rings. The maximum Gasteiger partial charge on any atom is 0.408 e. The Morgan fingerprint density at radius 1 is 2.00 bits per heavy atom. The van der Waals surface area contributed by atoms with E-state index in [1.54, 1.807) is 0 Å². The van der Waals surface area contributed by atoms with Gasteiger partial charge >= 0.3 is 6.21 Å². The van der Waals surface area contributed by atoms with Gasteiger partial charge in [0.1, 0.15) is 0 Å². The molecular weight excluding hydrogens is 66.1 g/mol. The second-order valence-corrected chi connectivity index (χ2v) is 0.500. The molecule has 0 amide bonds. The Bertz CT molecular complexity index is 51.5. The van der Waals surface area contributed by atoms with E-state index in [2.05, 4.69) is 15.2 Å². The minimum atomic E-state index is 1.84. The minimum Gasteiger partial charge on any atom is -0.560 e. The maximum atomic E-state index is 6.04. The van der Waals surface area contributed by atoms with Crippen LogP contribution in [0.15, 0.2) is 0 Å². The van der Waals surface area contributed by atoms with Gasteiger partial charge in [0.25, 0.3) is 0 Å². The van der Waals surface area contributed by atoms with Crippen molar-refractivity contribution in [2.45, 2.75) is 0 Å². The quantitative estimate of drug-likeness (QED) is 0.227. The maximum absolute atomic E-state index is 6.04. The predicted octanol–water partition coefficient (Wildman–Crippen LogP) is -0.359. The second-order valence-electron chi connectivity index (χ2n) is 0.250. The molecule has 0 aliphatic heterocycles. The first-order chi connectivity index (χ1) is 1.91. The van der Waals surface area contributed by atoms with Crippen LogP contribution in [0.25, 0.3) is 0 Å². The van der Waals surface area contributed by atoms with Gasteiger partial charge in [-0.3, -0.25) is 0 Å². The van der Waals surface area contributed by atoms with Crippen LogP contribution < -0.4 is 0 Å². The molecule has 1 N–H and O–H groups in total. The predicted molar refractivity (Wildman–Crippen MR) is 17.4 cm³/mol. The lowest BCUT2D eigenvalue weighted by molar-refractivity contribution is 1.59. The van der Waals surface area contributed by atoms with E-state index in [0.29, 0.717) is 0 Å². The first-order valence-corrected chi connectivity index (χ1v) is 1.25. The normalized spacial score (nSPS) is 2.75. The average molecular weight is 67.1 g/mol. The summed E-state index contributed by atoms with van der Waals surface area (Å²) in [5.41, 5.74) is 2.15. The molecule has 0 saturated carbocycles. The van der Waals surface area contributed by atoms with E-state index in [4.69, 9.17) is 5.41 Å². The van der Waals surface area contributed by atoms with Crippen LogP contribution in [-0.2, 0) is 0 Å². The van der Waals surface area contributed by atoms with Crippen LogP contribution in [0.5, 0.6) is 0 Å². The first kappa shape index (κ1) is 3.58. The Balaban J connectivity index is 2.92. The summed E-state index contributed by atoms with van der Waals surface area (Å²) < 4.78 is 0. The summed E-state index contributed by atoms with van der Waals surface area (Å²) in [7, 11) is 2.74. The van der Waals surface area contributed by atoms with Gasteiger partial charge in [-0.25, -0.2) is 0 Å². The van der Waals surface area contributed by atoms with Gasteiger partial charge in [-0.2, -0.15) is 0 Å². The van der Waals surface area contributed by atoms with E-state index in [1.165, 1.54) is 0 Å². The number of hydrogen-bond acceptors (Lipinski definition) is 1. The molecule has 0 unspecified atom stereocenters. The molecule has 0 heterocycles. The molecular formula is C2HNSi. The molecule has 0 spiro atoms. The molecule has 18 valence electrons. The van der Waals surface area contributed by atoms with E-state index >= 15 is 0 Å². The van der Waals surface area contributed by atoms with Crippen LogP contribution in [0.2, 0.25) is 0 Å². The van der Waals surface area contributed by atoms with E-state index in [-0.39, 0.29) is 0 Å². The Labute approximate surface area is 27.9 Å². The number of hydrogen-bond donors (Lipinski definition) is 1. The van der Waals surface area contributed by atoms with Gasteiger partial charge in [0.15, 0.2) is 0 Å². The zero-order valence-electron chi connectivity index (χ0n) is 2.00. The molecule has 0 aliphatic carbocycles. The SMILES string of the molecule is N=[C+]C#[Si-]. The first-order valence-electron chi connectivity index (χ1n) is 0.750. The fraction of sp³-hybridized carbons (Fsp3) is 0. The third-order valence-corrected chi connectivity index (χ3v) is 0.188. The topological polar surface area (TPSA) is 23.9 Å². The third-order valence-electron chi connectivity index (χ3n) is 0.0625. The molecule has 0 aromatic carbocycles. The van der Waals surface area contributed by atoms with Gasteiger partial charge in [0.05, 0.1) is 0 Å². The van der Waals surface area contributed by atoms with Gasteiger partial charge in [0, 0.05) is 0 Å². The molecule has 0 aromatic heterocycles. The highest BCUT2D eigenvalue weighted by Gasteiger charge is 1.47. The molecule has 0 atom stereocenters. The summed E-state index contributed by atoms with van der Waals surface area (Å²) in [6.45, 7) is 0. The van der Waals surface area contributed by atoms with Gasteiger partial charge in [-0.1, -0.05) is 5.50 Å². The van der Waals surface area contributed by atoms with Gasteiger partial charge in [-0.05, 0) is 5.41 Å². The zero-order chi connectivity index (χ0) is 3.41. The Morgan fingerprint density at radius 2 is 2.25 bits per heavy atom. The van der Waals surface area contributed by atoms with Crippen molar-refractivity contribution in [1.82, 2.24) is 0 Å². The van der Waals surface area contributed by atoms with Gasteiger partial charge in [-0.15, -0.1) is 0 Å². The van der Waals surface area contributed by atoms with Crippen molar-refractivity contribution >= 4 is 15.9 Å². The lowest BCUT2D eigenvalue weighted by Crippen LogP contribution is -1.46. The van der Waals surface area contributed by atoms with Crippen molar-refractivity contribution < 1.29 is 0 Å². The highest BCUT2D eigenvalue weighted by Crippen LogP contribution is 1.19. The van der Waals surface area contributed by atoms with Crippen LogP contribution in [0.1, 0.15) is 0 Å². The van der Waals surface area contributed by atoms with E-state index in [1.807, 2.05) is 6.21 Å². The van der Waals surface area contributed by atoms with E-state index < -0.39 is 0 Å². The minimum absolute atomic E-state index is 1.84. The molecule has 0 saturated heterocycles. The van der Waals surface area contributed by atoms with Crippen LogP contribution in [-0.4, -0.2) is 15.9 Å². The summed E-state index contributed by atoms with van der Waals surface area (Å²) in [6, 6.07) is 0. The van der Waals surface area contributed by atoms with Crippen molar-refractivity contribution in [2.75, 3.05) is 0 Å². The molecule has 2 heteroatoms. The molecule has 1 nitrogen and oxygen atoms in total. The largest absolute Gasteiger partial charge is 0.560 e. The van der Waals surface area contributed by atoms with Crippen LogP contribution in [0.4, 0.5) is 0 Å². The van der Waals surface area contributed by atoms with Crippen molar-refractivity contribution in [2.24, 2.45) is 0 Å². The molecule has 0 radical (unpaired) electrons. The lowest BCUT2D eigenvalue weighted by Gasteiger charge is -1.29. The smallest absolute Gasteiger partial charge is 0.408 e. The zero-order valence-corrected chi connectivity index (χ0v) is 3.00. The Morgan fingerprint density at radius 3 is 2.25 bits per heavy atom. The average Bonchev–Trinajstić information content (AvgIpc) is 1.37. The Hall–Kier alpha value is -0.423. The van der Waals surface area contributed by atoms with Crippen molar-refractivity contribution in [3.63, 3.8) is 0 Å². The summed E-state index contributed by atoms with van der Waals surface area (Å²) in [6.07, 6.45) is 1.84. The third kappa shape index (κ3) is 1.58. The molecule has 0 rings (SSSR count). The number of nitrogens with one attached hydrogen (secondary N) is 1. The molecule has 0 aromatic rings. The fourth-order valence-electron chi connectivity index (χ4n) is 0. The van der Waals surface area contributed by atoms with Crippen LogP contribution >= 0.6 is 0 Å². The van der Waals surface area contributed by atoms with Crippen molar-refractivity contribution in [3.05, 3.63) is 0 Å². The molecule has 0 aliphatic rings. The van der Waals surface area contributed by atoms with Crippen LogP contribution in [0, 0.1) is 10.9 Å². The highest BCUT2D eigenvalue weighted by molar-refractivity contribution is 6.06. The highest BCUT2D eigenvalue weighted by atomic mass is 28.1. The second kappa shape index (κ2) is 2.58. The van der Waals surface area contributed by atoms with E-state index in [9.17, 15) is 0 Å². The molecule has 4 heavy (non-hydrogen) atoms. The summed E-state index contributed by atoms with van der Waals surface area (Å²) in [5, 5.41) is 6.04. The fourth-order valence-corrected chi connectivity index (χ4v) is 0. The van der Waals surface area contributed by atoms with E-state index in [0.717, 1.165) is 0 Å². The summed E-state index contributed by atoms with van der Waals surface area (Å²) in [4.78, 5) is 0. The number of rotatable bonds is 0. The van der Waals surface area contributed by atoms with Crippen molar-refractivity contribution in [1.29, 1.82) is 5.41 Å². The van der Waals surface area contributed by atoms with Gasteiger partial charge in [0.2, 0.25) is 0 Å².